The summed E-state index contributed by atoms with van der Waals surface area (Å²) in [5.74, 6) is -0.833. The Labute approximate surface area is 57.3 Å². The molecule has 0 aliphatic heterocycles. The Morgan fingerprint density at radius 3 is 1.43 bits per heavy atom. The summed E-state index contributed by atoms with van der Waals surface area (Å²) in [5, 5.41) is 7.42. The molecule has 0 aromatic carbocycles. The Balaban J connectivity index is -0.0000000150. The Morgan fingerprint density at radius 2 is 1.43 bits per heavy atom. The van der Waals surface area contributed by atoms with Gasteiger partial charge in [-0.3, -0.25) is 4.79 Å². The van der Waals surface area contributed by atoms with E-state index in [2.05, 4.69) is 0 Å². The number of rotatable bonds is 0. The van der Waals surface area contributed by atoms with Crippen LogP contribution < -0.4 is 0 Å². The van der Waals surface area contributed by atoms with Crippen LogP contribution in [-0.2, 0) is 4.79 Å². The van der Waals surface area contributed by atoms with E-state index in [4.69, 9.17) is 9.90 Å². The lowest BCUT2D eigenvalue weighted by atomic mass is 10.9. The van der Waals surface area contributed by atoms with Crippen LogP contribution in [0.3, 0.4) is 0 Å². The lowest BCUT2D eigenvalue weighted by molar-refractivity contribution is -0.134. The SMILES string of the molecule is CC(=O)O.O.O.[Mg]. The zero-order valence-electron chi connectivity index (χ0n) is 4.06. The Hall–Kier alpha value is 0.156. The normalized spacial score (nSPS) is 3.57. The van der Waals surface area contributed by atoms with E-state index >= 15 is 0 Å². The molecular formula is C2H8MgO4. The highest BCUT2D eigenvalue weighted by molar-refractivity contribution is 5.75. The molecule has 5 N–H and O–H groups in total. The summed E-state index contributed by atoms with van der Waals surface area (Å²) in [6.45, 7) is 1.08. The van der Waals surface area contributed by atoms with Gasteiger partial charge in [0.15, 0.2) is 0 Å². The molecule has 0 rings (SSSR count). The third kappa shape index (κ3) is 4360. The van der Waals surface area contributed by atoms with Crippen LogP contribution in [0.1, 0.15) is 6.92 Å². The van der Waals surface area contributed by atoms with Gasteiger partial charge < -0.3 is 16.1 Å². The fourth-order valence-corrected chi connectivity index (χ4v) is 0. The first-order chi connectivity index (χ1) is 1.73. The summed E-state index contributed by atoms with van der Waals surface area (Å²) in [7, 11) is 0. The molecule has 0 amide bonds. The van der Waals surface area contributed by atoms with E-state index in [0.29, 0.717) is 0 Å². The zero-order valence-corrected chi connectivity index (χ0v) is 5.48. The van der Waals surface area contributed by atoms with Crippen LogP contribution in [0.25, 0.3) is 0 Å². The van der Waals surface area contributed by atoms with Gasteiger partial charge in [-0.1, -0.05) is 0 Å². The van der Waals surface area contributed by atoms with Crippen molar-refractivity contribution in [2.24, 2.45) is 0 Å². The van der Waals surface area contributed by atoms with Crippen molar-refractivity contribution >= 4 is 29.0 Å². The first kappa shape index (κ1) is 27.2. The van der Waals surface area contributed by atoms with E-state index in [1.165, 1.54) is 0 Å². The van der Waals surface area contributed by atoms with E-state index in [9.17, 15) is 0 Å². The topological polar surface area (TPSA) is 100 Å². The summed E-state index contributed by atoms with van der Waals surface area (Å²) < 4.78 is 0. The number of hydrogen-bond acceptors (Lipinski definition) is 1. The van der Waals surface area contributed by atoms with Crippen molar-refractivity contribution in [3.8, 4) is 0 Å². The van der Waals surface area contributed by atoms with Crippen molar-refractivity contribution in [3.63, 3.8) is 0 Å². The van der Waals surface area contributed by atoms with Crippen LogP contribution in [0, 0.1) is 0 Å². The molecule has 5 heteroatoms. The van der Waals surface area contributed by atoms with E-state index in [1.807, 2.05) is 0 Å². The molecule has 0 heterocycles. The van der Waals surface area contributed by atoms with Crippen molar-refractivity contribution in [1.82, 2.24) is 0 Å². The molecule has 0 aromatic heterocycles. The summed E-state index contributed by atoms with van der Waals surface area (Å²) in [4.78, 5) is 9.00. The van der Waals surface area contributed by atoms with Gasteiger partial charge in [0.25, 0.3) is 5.97 Å². The van der Waals surface area contributed by atoms with E-state index in [-0.39, 0.29) is 34.0 Å². The molecule has 42 valence electrons. The summed E-state index contributed by atoms with van der Waals surface area (Å²) in [6, 6.07) is 0. The smallest absolute Gasteiger partial charge is 0.300 e. The Morgan fingerprint density at radius 1 is 1.43 bits per heavy atom. The largest absolute Gasteiger partial charge is 0.481 e. The second-order valence-corrected chi connectivity index (χ2v) is 0.519. The van der Waals surface area contributed by atoms with Gasteiger partial charge in [0.05, 0.1) is 0 Å². The molecule has 0 saturated carbocycles. The maximum absolute atomic E-state index is 9.00. The monoisotopic (exact) mass is 120 g/mol. The second-order valence-electron chi connectivity index (χ2n) is 0.519. The molecule has 0 aliphatic carbocycles. The molecule has 0 saturated heterocycles. The Kier molecular flexibility index (Phi) is 63.9. The lowest BCUT2D eigenvalue weighted by Gasteiger charge is -1.59. The molecule has 4 nitrogen and oxygen atoms in total. The number of hydrogen-bond donors (Lipinski definition) is 1. The van der Waals surface area contributed by atoms with Gasteiger partial charge in [-0.25, -0.2) is 0 Å². The minimum absolute atomic E-state index is 0. The van der Waals surface area contributed by atoms with Gasteiger partial charge in [0.2, 0.25) is 0 Å². The lowest BCUT2D eigenvalue weighted by Crippen LogP contribution is -1.78. The molecule has 0 aromatic rings. The number of aliphatic carboxylic acids is 1. The summed E-state index contributed by atoms with van der Waals surface area (Å²) in [5.41, 5.74) is 0. The molecule has 0 unspecified atom stereocenters. The third-order valence-corrected chi connectivity index (χ3v) is 0. The van der Waals surface area contributed by atoms with Crippen molar-refractivity contribution in [3.05, 3.63) is 0 Å². The summed E-state index contributed by atoms with van der Waals surface area (Å²) >= 11 is 0. The fourth-order valence-electron chi connectivity index (χ4n) is 0. The van der Waals surface area contributed by atoms with Gasteiger partial charge in [-0.05, 0) is 0 Å². The highest BCUT2D eigenvalue weighted by Crippen LogP contribution is 1.42. The first-order valence-electron chi connectivity index (χ1n) is 0.928. The third-order valence-electron chi connectivity index (χ3n) is 0. The number of carboxylic acid groups (broad SMARTS) is 1. The van der Waals surface area contributed by atoms with Crippen molar-refractivity contribution < 1.29 is 20.9 Å². The first-order valence-corrected chi connectivity index (χ1v) is 0.928. The van der Waals surface area contributed by atoms with E-state index in [0.717, 1.165) is 6.92 Å². The van der Waals surface area contributed by atoms with Crippen LogP contribution in [0.5, 0.6) is 0 Å². The minimum Gasteiger partial charge on any atom is -0.481 e. The predicted molar refractivity (Wildman–Crippen MR) is 26.3 cm³/mol. The van der Waals surface area contributed by atoms with Crippen LogP contribution in [0.4, 0.5) is 0 Å². The maximum atomic E-state index is 9.00. The van der Waals surface area contributed by atoms with Gasteiger partial charge in [0.1, 0.15) is 0 Å². The van der Waals surface area contributed by atoms with Crippen LogP contribution in [-0.4, -0.2) is 45.1 Å². The standard InChI is InChI=1S/C2H4O2.Mg.2H2O/c1-2(3)4;;;/h1H3,(H,3,4);;2*1H2. The quantitative estimate of drug-likeness (QED) is 0.376. The van der Waals surface area contributed by atoms with E-state index < -0.39 is 5.97 Å². The molecule has 0 fully saturated rings. The molecule has 0 spiro atoms. The van der Waals surface area contributed by atoms with Crippen molar-refractivity contribution in [2.45, 2.75) is 6.92 Å². The maximum Gasteiger partial charge on any atom is 0.300 e. The molecule has 0 aliphatic rings. The number of carboxylic acids is 1. The molecule has 7 heavy (non-hydrogen) atoms. The van der Waals surface area contributed by atoms with Crippen molar-refractivity contribution in [1.29, 1.82) is 0 Å². The van der Waals surface area contributed by atoms with E-state index in [1.54, 1.807) is 0 Å². The highest BCUT2D eigenvalue weighted by atomic mass is 24.3. The predicted octanol–water partition coefficient (Wildman–Crippen LogP) is -1.94. The molecular weight excluding hydrogens is 112 g/mol. The average Bonchev–Trinajstić information content (AvgIpc) is 0.811. The minimum atomic E-state index is -0.833. The van der Waals surface area contributed by atoms with Gasteiger partial charge in [-0.2, -0.15) is 0 Å². The second kappa shape index (κ2) is 16.4. The highest BCUT2D eigenvalue weighted by Gasteiger charge is 1.65. The summed E-state index contributed by atoms with van der Waals surface area (Å²) in [6.07, 6.45) is 0. The number of carbonyl (C=O) groups is 1. The van der Waals surface area contributed by atoms with Gasteiger partial charge in [-0.15, -0.1) is 0 Å². The van der Waals surface area contributed by atoms with Crippen LogP contribution >= 0.6 is 0 Å². The molecule has 0 atom stereocenters. The zero-order chi connectivity index (χ0) is 3.58. The average molecular weight is 120 g/mol. The van der Waals surface area contributed by atoms with Gasteiger partial charge >= 0.3 is 0 Å². The van der Waals surface area contributed by atoms with Crippen molar-refractivity contribution in [2.75, 3.05) is 0 Å². The Bertz CT molecular complexity index is 32.7. The van der Waals surface area contributed by atoms with Crippen LogP contribution in [0.15, 0.2) is 0 Å². The molecule has 2 radical (unpaired) electrons. The van der Waals surface area contributed by atoms with Gasteiger partial charge in [0, 0.05) is 30.0 Å². The fraction of sp³-hybridized carbons (Fsp3) is 0.500. The van der Waals surface area contributed by atoms with Crippen LogP contribution in [0.2, 0.25) is 0 Å². The molecule has 0 bridgehead atoms.